The molecule has 3 nitrogen and oxygen atoms in total. The number of fused-ring (bicyclic) bond motifs is 6. The second-order valence-electron chi connectivity index (χ2n) is 6.72. The number of nitrogens with zero attached hydrogens (tertiary/aromatic N) is 2. The second kappa shape index (κ2) is 4.77. The molecular formula is C15H27N3. The van der Waals surface area contributed by atoms with Crippen LogP contribution < -0.4 is 5.32 Å². The minimum absolute atomic E-state index is 0.711. The van der Waals surface area contributed by atoms with Crippen molar-refractivity contribution < 1.29 is 0 Å². The number of hydrogen-bond donors (Lipinski definition) is 1. The molecule has 0 saturated carbocycles. The summed E-state index contributed by atoms with van der Waals surface area (Å²) in [6.07, 6.45) is 13.0. The second-order valence-corrected chi connectivity index (χ2v) is 6.72. The fourth-order valence-corrected chi connectivity index (χ4v) is 5.09. The maximum atomic E-state index is 3.85. The van der Waals surface area contributed by atoms with Gasteiger partial charge in [0, 0.05) is 18.5 Å². The van der Waals surface area contributed by atoms with Crippen molar-refractivity contribution in [2.24, 2.45) is 5.92 Å². The monoisotopic (exact) mass is 249 g/mol. The van der Waals surface area contributed by atoms with Crippen molar-refractivity contribution in [2.45, 2.75) is 69.7 Å². The Kier molecular flexibility index (Phi) is 3.10. The quantitative estimate of drug-likeness (QED) is 0.708. The third-order valence-electron chi connectivity index (χ3n) is 5.81. The van der Waals surface area contributed by atoms with Crippen LogP contribution in [0.3, 0.4) is 0 Å². The van der Waals surface area contributed by atoms with Crippen LogP contribution in [-0.2, 0) is 0 Å². The fraction of sp³-hybridized carbons (Fsp3) is 1.00. The highest BCUT2D eigenvalue weighted by Gasteiger charge is 2.48. The Bertz CT molecular complexity index is 217. The lowest BCUT2D eigenvalue weighted by Crippen LogP contribution is -2.72. The standard InChI is InChI=1S/C15H27N3/c1-3-10-17-13(7-1)12-6-5-9-16-15(12)18-11-4-2-8-14(17)18/h12-16H,1-11H2/t12-,13+,14+,15+/m0/s1. The summed E-state index contributed by atoms with van der Waals surface area (Å²) >= 11 is 0. The Hall–Kier alpha value is -0.120. The van der Waals surface area contributed by atoms with Gasteiger partial charge in [0.15, 0.2) is 0 Å². The van der Waals surface area contributed by atoms with Gasteiger partial charge in [-0.25, -0.2) is 0 Å². The van der Waals surface area contributed by atoms with E-state index in [0.717, 1.165) is 18.1 Å². The average Bonchev–Trinajstić information content (AvgIpc) is 2.48. The Labute approximate surface area is 111 Å². The van der Waals surface area contributed by atoms with Crippen LogP contribution in [0, 0.1) is 5.92 Å². The summed E-state index contributed by atoms with van der Waals surface area (Å²) in [5, 5.41) is 3.85. The topological polar surface area (TPSA) is 18.5 Å². The third-order valence-corrected chi connectivity index (χ3v) is 5.81. The molecule has 4 aliphatic heterocycles. The van der Waals surface area contributed by atoms with E-state index in [1.165, 1.54) is 71.0 Å². The summed E-state index contributed by atoms with van der Waals surface area (Å²) in [4.78, 5) is 5.73. The van der Waals surface area contributed by atoms with Crippen LogP contribution in [0.4, 0.5) is 0 Å². The van der Waals surface area contributed by atoms with Crippen molar-refractivity contribution in [3.05, 3.63) is 0 Å². The first kappa shape index (κ1) is 11.7. The summed E-state index contributed by atoms with van der Waals surface area (Å²) in [5.41, 5.74) is 0. The van der Waals surface area contributed by atoms with Crippen molar-refractivity contribution in [3.8, 4) is 0 Å². The molecule has 0 radical (unpaired) electrons. The van der Waals surface area contributed by atoms with Gasteiger partial charge in [-0.1, -0.05) is 6.42 Å². The van der Waals surface area contributed by atoms with Crippen molar-refractivity contribution in [2.75, 3.05) is 19.6 Å². The molecule has 102 valence electrons. The maximum absolute atomic E-state index is 3.85. The van der Waals surface area contributed by atoms with Gasteiger partial charge in [0.25, 0.3) is 0 Å². The molecule has 4 atom stereocenters. The van der Waals surface area contributed by atoms with Crippen LogP contribution in [0.5, 0.6) is 0 Å². The van der Waals surface area contributed by atoms with Crippen LogP contribution >= 0.6 is 0 Å². The first-order valence-electron chi connectivity index (χ1n) is 8.20. The summed E-state index contributed by atoms with van der Waals surface area (Å²) in [6.45, 7) is 3.95. The van der Waals surface area contributed by atoms with E-state index in [9.17, 15) is 0 Å². The van der Waals surface area contributed by atoms with Crippen molar-refractivity contribution >= 4 is 0 Å². The third kappa shape index (κ3) is 1.75. The minimum atomic E-state index is 0.711. The summed E-state index contributed by atoms with van der Waals surface area (Å²) < 4.78 is 0. The van der Waals surface area contributed by atoms with E-state index in [0.29, 0.717) is 6.17 Å². The van der Waals surface area contributed by atoms with Crippen LogP contribution in [0.1, 0.15) is 51.4 Å². The molecule has 0 aromatic heterocycles. The lowest BCUT2D eigenvalue weighted by molar-refractivity contribution is -0.146. The van der Waals surface area contributed by atoms with E-state index < -0.39 is 0 Å². The molecule has 4 aliphatic rings. The Balaban J connectivity index is 1.64. The SMILES string of the molecule is C1CN[C@H]2[C@@H](C1)[C@H]1CCCCN1[C@H]1CCCCN12. The summed E-state index contributed by atoms with van der Waals surface area (Å²) in [6, 6.07) is 0.899. The first-order valence-corrected chi connectivity index (χ1v) is 8.20. The average molecular weight is 249 g/mol. The van der Waals surface area contributed by atoms with Gasteiger partial charge in [0.1, 0.15) is 0 Å². The van der Waals surface area contributed by atoms with Crippen LogP contribution in [0.25, 0.3) is 0 Å². The number of nitrogens with one attached hydrogen (secondary N) is 1. The van der Waals surface area contributed by atoms with Crippen LogP contribution in [0.15, 0.2) is 0 Å². The van der Waals surface area contributed by atoms with Gasteiger partial charge in [-0.15, -0.1) is 0 Å². The molecule has 4 heterocycles. The van der Waals surface area contributed by atoms with Gasteiger partial charge < -0.3 is 5.32 Å². The van der Waals surface area contributed by atoms with Crippen LogP contribution in [-0.4, -0.2) is 47.8 Å². The van der Waals surface area contributed by atoms with Gasteiger partial charge in [0.2, 0.25) is 0 Å². The normalized spacial score (nSPS) is 46.0. The first-order chi connectivity index (χ1) is 8.95. The highest BCUT2D eigenvalue weighted by Crippen LogP contribution is 2.41. The predicted octanol–water partition coefficient (Wildman–Crippen LogP) is 1.99. The highest BCUT2D eigenvalue weighted by atomic mass is 15.5. The number of piperidine rings is 3. The Morgan fingerprint density at radius 1 is 0.778 bits per heavy atom. The highest BCUT2D eigenvalue weighted by molar-refractivity contribution is 5.00. The summed E-state index contributed by atoms with van der Waals surface area (Å²) in [5.74, 6) is 0.911. The zero-order valence-electron chi connectivity index (χ0n) is 11.5. The van der Waals surface area contributed by atoms with Gasteiger partial charge >= 0.3 is 0 Å². The van der Waals surface area contributed by atoms with E-state index in [1.807, 2.05) is 0 Å². The zero-order valence-corrected chi connectivity index (χ0v) is 11.5. The molecule has 0 amide bonds. The largest absolute Gasteiger partial charge is 0.301 e. The van der Waals surface area contributed by atoms with Gasteiger partial charge in [0.05, 0.1) is 12.3 Å². The molecule has 4 saturated heterocycles. The molecule has 0 bridgehead atoms. The van der Waals surface area contributed by atoms with E-state index in [4.69, 9.17) is 0 Å². The molecule has 3 heteroatoms. The maximum Gasteiger partial charge on any atom is 0.0654 e. The fourth-order valence-electron chi connectivity index (χ4n) is 5.09. The van der Waals surface area contributed by atoms with Crippen molar-refractivity contribution in [3.63, 3.8) is 0 Å². The number of hydrogen-bond acceptors (Lipinski definition) is 3. The molecule has 0 aromatic carbocycles. The summed E-state index contributed by atoms with van der Waals surface area (Å²) in [7, 11) is 0. The van der Waals surface area contributed by atoms with E-state index in [1.54, 1.807) is 0 Å². The van der Waals surface area contributed by atoms with Gasteiger partial charge in [-0.3, -0.25) is 9.80 Å². The molecule has 0 unspecified atom stereocenters. The molecule has 4 fully saturated rings. The van der Waals surface area contributed by atoms with Crippen LogP contribution in [0.2, 0.25) is 0 Å². The molecule has 1 N–H and O–H groups in total. The lowest BCUT2D eigenvalue weighted by atomic mass is 9.78. The minimum Gasteiger partial charge on any atom is -0.301 e. The van der Waals surface area contributed by atoms with Gasteiger partial charge in [-0.05, 0) is 58.0 Å². The molecule has 0 aromatic rings. The predicted molar refractivity (Wildman–Crippen MR) is 73.2 cm³/mol. The molecule has 18 heavy (non-hydrogen) atoms. The molecule has 0 spiro atoms. The van der Waals surface area contributed by atoms with E-state index >= 15 is 0 Å². The van der Waals surface area contributed by atoms with E-state index in [2.05, 4.69) is 15.1 Å². The molecule has 0 aliphatic carbocycles. The van der Waals surface area contributed by atoms with Crippen molar-refractivity contribution in [1.29, 1.82) is 0 Å². The van der Waals surface area contributed by atoms with E-state index in [-0.39, 0.29) is 0 Å². The van der Waals surface area contributed by atoms with Crippen molar-refractivity contribution in [1.82, 2.24) is 15.1 Å². The number of rotatable bonds is 0. The zero-order chi connectivity index (χ0) is 11.9. The Morgan fingerprint density at radius 2 is 1.61 bits per heavy atom. The smallest absolute Gasteiger partial charge is 0.0654 e. The van der Waals surface area contributed by atoms with Gasteiger partial charge in [-0.2, -0.15) is 0 Å². The lowest BCUT2D eigenvalue weighted by Gasteiger charge is -2.60. The Morgan fingerprint density at radius 3 is 2.56 bits per heavy atom. The molecule has 4 rings (SSSR count). The molecular weight excluding hydrogens is 222 g/mol.